The summed E-state index contributed by atoms with van der Waals surface area (Å²) in [6, 6.07) is 21.9. The second-order valence-electron chi connectivity index (χ2n) is 6.57. The molecule has 2 atom stereocenters. The van der Waals surface area contributed by atoms with Crippen LogP contribution in [0.4, 0.5) is 0 Å². The molecule has 21 heavy (non-hydrogen) atoms. The molecule has 0 N–H and O–H groups in total. The van der Waals surface area contributed by atoms with E-state index in [1.54, 1.807) is 0 Å². The number of fused-ring (bicyclic) bond motifs is 2. The monoisotopic (exact) mass is 272 g/mol. The number of hydrogen-bond acceptors (Lipinski definition) is 0. The SMILES string of the molecule is CC1=CC2=C(c3ccccc3)C(c3ccccc3)C1(C)C2. The Morgan fingerprint density at radius 2 is 1.52 bits per heavy atom. The maximum absolute atomic E-state index is 2.43. The van der Waals surface area contributed by atoms with Crippen molar-refractivity contribution < 1.29 is 0 Å². The zero-order valence-electron chi connectivity index (χ0n) is 12.6. The molecule has 0 heteroatoms. The van der Waals surface area contributed by atoms with E-state index in [1.807, 2.05) is 0 Å². The van der Waals surface area contributed by atoms with E-state index >= 15 is 0 Å². The van der Waals surface area contributed by atoms with Crippen LogP contribution in [-0.2, 0) is 0 Å². The molecule has 2 aromatic carbocycles. The second-order valence-corrected chi connectivity index (χ2v) is 6.57. The van der Waals surface area contributed by atoms with Gasteiger partial charge >= 0.3 is 0 Å². The van der Waals surface area contributed by atoms with Crippen LogP contribution >= 0.6 is 0 Å². The van der Waals surface area contributed by atoms with Crippen LogP contribution < -0.4 is 0 Å². The van der Waals surface area contributed by atoms with Crippen molar-refractivity contribution in [3.63, 3.8) is 0 Å². The van der Waals surface area contributed by atoms with Crippen molar-refractivity contribution in [1.29, 1.82) is 0 Å². The van der Waals surface area contributed by atoms with Crippen molar-refractivity contribution in [2.24, 2.45) is 5.41 Å². The first-order valence-electron chi connectivity index (χ1n) is 7.72. The third kappa shape index (κ3) is 1.75. The van der Waals surface area contributed by atoms with Crippen molar-refractivity contribution in [1.82, 2.24) is 0 Å². The van der Waals surface area contributed by atoms with Crippen LogP contribution in [0, 0.1) is 5.41 Å². The quantitative estimate of drug-likeness (QED) is 0.668. The summed E-state index contributed by atoms with van der Waals surface area (Å²) in [6.07, 6.45) is 3.60. The van der Waals surface area contributed by atoms with E-state index in [-0.39, 0.29) is 5.41 Å². The van der Waals surface area contributed by atoms with Gasteiger partial charge in [0.15, 0.2) is 0 Å². The fraction of sp³-hybridized carbons (Fsp3) is 0.238. The summed E-state index contributed by atoms with van der Waals surface area (Å²) in [4.78, 5) is 0. The van der Waals surface area contributed by atoms with E-state index in [1.165, 1.54) is 34.3 Å². The van der Waals surface area contributed by atoms with Crippen molar-refractivity contribution >= 4 is 5.57 Å². The lowest BCUT2D eigenvalue weighted by atomic mass is 9.68. The summed E-state index contributed by atoms with van der Waals surface area (Å²) in [5.74, 6) is 0.487. The predicted octanol–water partition coefficient (Wildman–Crippen LogP) is 5.59. The number of allylic oxidation sites excluding steroid dienone is 4. The molecule has 0 radical (unpaired) electrons. The average Bonchev–Trinajstić information content (AvgIpc) is 2.98. The fourth-order valence-electron chi connectivity index (χ4n) is 4.17. The van der Waals surface area contributed by atoms with E-state index in [0.29, 0.717) is 5.92 Å². The summed E-state index contributed by atoms with van der Waals surface area (Å²) in [5, 5.41) is 0. The van der Waals surface area contributed by atoms with E-state index < -0.39 is 0 Å². The number of benzene rings is 2. The molecule has 2 aliphatic rings. The minimum atomic E-state index is 0.252. The summed E-state index contributed by atoms with van der Waals surface area (Å²) in [6.45, 7) is 4.73. The molecular formula is C21H20. The van der Waals surface area contributed by atoms with Gasteiger partial charge in [0.25, 0.3) is 0 Å². The third-order valence-electron chi connectivity index (χ3n) is 5.34. The average molecular weight is 272 g/mol. The molecule has 0 nitrogen and oxygen atoms in total. The Morgan fingerprint density at radius 1 is 0.905 bits per heavy atom. The van der Waals surface area contributed by atoms with Crippen LogP contribution in [0.1, 0.15) is 37.3 Å². The van der Waals surface area contributed by atoms with Crippen molar-refractivity contribution in [3.8, 4) is 0 Å². The minimum Gasteiger partial charge on any atom is -0.0658 e. The highest BCUT2D eigenvalue weighted by atomic mass is 14.5. The van der Waals surface area contributed by atoms with Gasteiger partial charge in [0.1, 0.15) is 0 Å². The van der Waals surface area contributed by atoms with Crippen LogP contribution in [0.3, 0.4) is 0 Å². The first kappa shape index (κ1) is 12.6. The number of rotatable bonds is 2. The molecule has 0 amide bonds. The molecule has 2 aliphatic carbocycles. The molecule has 0 fully saturated rings. The Labute approximate surface area is 126 Å². The van der Waals surface area contributed by atoms with Gasteiger partial charge in [-0.05, 0) is 35.6 Å². The molecule has 0 saturated heterocycles. The summed E-state index contributed by atoms with van der Waals surface area (Å²) in [5.41, 5.74) is 7.69. The standard InChI is InChI=1S/C21H20/c1-15-13-18-14-21(15,2)20(17-11-7-4-8-12-17)19(18)16-9-5-3-6-10-16/h3-13,20H,14H2,1-2H3. The van der Waals surface area contributed by atoms with Gasteiger partial charge in [-0.15, -0.1) is 0 Å². The predicted molar refractivity (Wildman–Crippen MR) is 89.0 cm³/mol. The molecular weight excluding hydrogens is 252 g/mol. The molecule has 0 aliphatic heterocycles. The van der Waals surface area contributed by atoms with Gasteiger partial charge in [0, 0.05) is 11.3 Å². The Kier molecular flexibility index (Phi) is 2.68. The molecule has 0 heterocycles. The van der Waals surface area contributed by atoms with Gasteiger partial charge in [-0.2, -0.15) is 0 Å². The van der Waals surface area contributed by atoms with Crippen LogP contribution in [0.5, 0.6) is 0 Å². The van der Waals surface area contributed by atoms with Gasteiger partial charge in [-0.1, -0.05) is 79.2 Å². The fourth-order valence-corrected chi connectivity index (χ4v) is 4.17. The first-order chi connectivity index (χ1) is 10.2. The maximum Gasteiger partial charge on any atom is 0.0192 e. The lowest BCUT2D eigenvalue weighted by Gasteiger charge is -2.35. The van der Waals surface area contributed by atoms with Crippen molar-refractivity contribution in [2.75, 3.05) is 0 Å². The van der Waals surface area contributed by atoms with E-state index in [0.717, 1.165) is 0 Å². The zero-order valence-corrected chi connectivity index (χ0v) is 12.6. The molecule has 104 valence electrons. The van der Waals surface area contributed by atoms with Crippen LogP contribution in [0.15, 0.2) is 77.9 Å². The minimum absolute atomic E-state index is 0.252. The molecule has 0 aromatic heterocycles. The van der Waals surface area contributed by atoms with E-state index in [2.05, 4.69) is 80.6 Å². The van der Waals surface area contributed by atoms with Crippen LogP contribution in [0.25, 0.3) is 5.57 Å². The Bertz CT molecular complexity index is 734. The van der Waals surface area contributed by atoms with Gasteiger partial charge < -0.3 is 0 Å². The van der Waals surface area contributed by atoms with Gasteiger partial charge in [0.2, 0.25) is 0 Å². The second kappa shape index (κ2) is 4.46. The number of hydrogen-bond donors (Lipinski definition) is 0. The normalized spacial score (nSPS) is 27.1. The smallest absolute Gasteiger partial charge is 0.0192 e. The van der Waals surface area contributed by atoms with Gasteiger partial charge in [0.05, 0.1) is 0 Å². The topological polar surface area (TPSA) is 0 Å². The highest BCUT2D eigenvalue weighted by Crippen LogP contribution is 2.63. The molecule has 0 saturated carbocycles. The highest BCUT2D eigenvalue weighted by Gasteiger charge is 2.49. The third-order valence-corrected chi connectivity index (χ3v) is 5.34. The molecule has 4 rings (SSSR count). The van der Waals surface area contributed by atoms with E-state index in [9.17, 15) is 0 Å². The van der Waals surface area contributed by atoms with Crippen molar-refractivity contribution in [3.05, 3.63) is 89.0 Å². The van der Waals surface area contributed by atoms with Gasteiger partial charge in [-0.25, -0.2) is 0 Å². The Balaban J connectivity index is 1.93. The summed E-state index contributed by atoms with van der Waals surface area (Å²) in [7, 11) is 0. The summed E-state index contributed by atoms with van der Waals surface area (Å²) < 4.78 is 0. The largest absolute Gasteiger partial charge is 0.0658 e. The van der Waals surface area contributed by atoms with Crippen LogP contribution in [-0.4, -0.2) is 0 Å². The van der Waals surface area contributed by atoms with Gasteiger partial charge in [-0.3, -0.25) is 0 Å². The Morgan fingerprint density at radius 3 is 2.19 bits per heavy atom. The summed E-state index contributed by atoms with van der Waals surface area (Å²) >= 11 is 0. The zero-order chi connectivity index (χ0) is 14.4. The lowest BCUT2D eigenvalue weighted by molar-refractivity contribution is 0.396. The van der Waals surface area contributed by atoms with Crippen molar-refractivity contribution in [2.45, 2.75) is 26.2 Å². The molecule has 2 unspecified atom stereocenters. The van der Waals surface area contributed by atoms with E-state index in [4.69, 9.17) is 0 Å². The molecule has 2 bridgehead atoms. The molecule has 0 spiro atoms. The maximum atomic E-state index is 2.43. The first-order valence-corrected chi connectivity index (χ1v) is 7.72. The Hall–Kier alpha value is -2.08. The molecule has 2 aromatic rings. The highest BCUT2D eigenvalue weighted by molar-refractivity contribution is 5.83. The lowest BCUT2D eigenvalue weighted by Crippen LogP contribution is -2.23. The van der Waals surface area contributed by atoms with Crippen LogP contribution in [0.2, 0.25) is 0 Å².